The number of ether oxygens (including phenoxy) is 2. The highest BCUT2D eigenvalue weighted by molar-refractivity contribution is 7.92. The number of anilines is 3. The van der Waals surface area contributed by atoms with Gasteiger partial charge < -0.3 is 35.2 Å². The molecule has 0 radical (unpaired) electrons. The van der Waals surface area contributed by atoms with Crippen LogP contribution in [0.15, 0.2) is 35.7 Å². The molecule has 0 bridgehead atoms. The number of rotatable bonds is 9. The highest BCUT2D eigenvalue weighted by Crippen LogP contribution is 2.38. The number of hydrogen-bond donors (Lipinski definition) is 3. The van der Waals surface area contributed by atoms with Crippen LogP contribution >= 0.6 is 0 Å². The van der Waals surface area contributed by atoms with Crippen molar-refractivity contribution in [2.24, 2.45) is 11.7 Å². The molecule has 0 aliphatic carbocycles. The van der Waals surface area contributed by atoms with Gasteiger partial charge in [-0.2, -0.15) is 5.10 Å². The van der Waals surface area contributed by atoms with E-state index < -0.39 is 32.6 Å². The molecule has 19 heteroatoms. The lowest BCUT2D eigenvalue weighted by Crippen LogP contribution is -2.58. The highest BCUT2D eigenvalue weighted by Gasteiger charge is 2.45. The number of esters is 1. The number of aromatic amines is 1. The molecule has 4 N–H and O–H groups in total. The summed E-state index contributed by atoms with van der Waals surface area (Å²) in [6.45, 7) is 10.8. The zero-order valence-electron chi connectivity index (χ0n) is 33.7. The zero-order valence-corrected chi connectivity index (χ0v) is 34.5. The molecule has 310 valence electrons. The van der Waals surface area contributed by atoms with Crippen LogP contribution < -0.4 is 20.7 Å². The van der Waals surface area contributed by atoms with Gasteiger partial charge in [0.05, 0.1) is 36.4 Å². The number of sulfone groups is 1. The number of aromatic nitrogens is 6. The Balaban J connectivity index is 0.991. The topological polar surface area (TPSA) is 232 Å². The minimum atomic E-state index is -3.84. The average Bonchev–Trinajstić information content (AvgIpc) is 3.78. The zero-order chi connectivity index (χ0) is 41.5. The molecule has 4 aromatic rings. The molecule has 3 saturated heterocycles. The fourth-order valence-corrected chi connectivity index (χ4v) is 9.10. The van der Waals surface area contributed by atoms with E-state index in [0.717, 1.165) is 24.1 Å². The van der Waals surface area contributed by atoms with E-state index in [4.69, 9.17) is 15.2 Å². The van der Waals surface area contributed by atoms with Crippen LogP contribution in [0.2, 0.25) is 0 Å². The largest absolute Gasteiger partial charge is 0.492 e. The number of nitrogens with two attached hydrogens (primary N) is 1. The third kappa shape index (κ3) is 7.88. The van der Waals surface area contributed by atoms with Gasteiger partial charge in [-0.15, -0.1) is 0 Å². The second kappa shape index (κ2) is 16.1. The van der Waals surface area contributed by atoms with Gasteiger partial charge >= 0.3 is 5.97 Å². The summed E-state index contributed by atoms with van der Waals surface area (Å²) < 4.78 is 38.1. The van der Waals surface area contributed by atoms with Crippen molar-refractivity contribution in [2.75, 3.05) is 50.1 Å². The van der Waals surface area contributed by atoms with Crippen molar-refractivity contribution in [3.63, 3.8) is 0 Å². The summed E-state index contributed by atoms with van der Waals surface area (Å²) in [4.78, 5) is 62.3. The van der Waals surface area contributed by atoms with Crippen molar-refractivity contribution >= 4 is 56.0 Å². The van der Waals surface area contributed by atoms with Gasteiger partial charge in [0.15, 0.2) is 15.7 Å². The predicted molar refractivity (Wildman–Crippen MR) is 214 cm³/mol. The second-order valence-corrected chi connectivity index (χ2v) is 18.9. The van der Waals surface area contributed by atoms with Gasteiger partial charge in [-0.1, -0.05) is 0 Å². The van der Waals surface area contributed by atoms with Crippen molar-refractivity contribution in [2.45, 2.75) is 94.5 Å². The van der Waals surface area contributed by atoms with E-state index in [1.54, 1.807) is 48.9 Å². The van der Waals surface area contributed by atoms with Crippen molar-refractivity contribution in [3.8, 4) is 5.75 Å². The molecule has 3 aliphatic rings. The average molecular weight is 818 g/mol. The minimum Gasteiger partial charge on any atom is -0.492 e. The number of methoxy groups -OCH3 is 1. The molecular weight excluding hydrogens is 767 g/mol. The maximum atomic E-state index is 14.0. The molecule has 18 nitrogen and oxygen atoms in total. The predicted octanol–water partition coefficient (Wildman–Crippen LogP) is 3.08. The van der Waals surface area contributed by atoms with Crippen LogP contribution in [0.5, 0.6) is 5.75 Å². The molecule has 2 amide bonds. The van der Waals surface area contributed by atoms with Gasteiger partial charge in [0.25, 0.3) is 5.91 Å². The molecule has 0 saturated carbocycles. The van der Waals surface area contributed by atoms with Gasteiger partial charge in [-0.3, -0.25) is 14.7 Å². The first-order valence-electron chi connectivity index (χ1n) is 19.5. The number of hydrogen-bond acceptors (Lipinski definition) is 15. The van der Waals surface area contributed by atoms with E-state index in [2.05, 4.69) is 40.3 Å². The number of nitrogens with zero attached hydrogens (tertiary/aromatic N) is 8. The first-order valence-corrected chi connectivity index (χ1v) is 21.0. The molecule has 1 aromatic carbocycles. The second-order valence-electron chi connectivity index (χ2n) is 16.3. The fraction of sp³-hybridized carbons (Fsp3) is 0.538. The molecule has 6 heterocycles. The van der Waals surface area contributed by atoms with Gasteiger partial charge in [0.1, 0.15) is 46.4 Å². The first kappa shape index (κ1) is 40.8. The minimum absolute atomic E-state index is 0.00601. The normalized spacial score (nSPS) is 20.8. The molecular formula is C39H51N11O7S. The van der Waals surface area contributed by atoms with Crippen molar-refractivity contribution < 1.29 is 32.3 Å². The monoisotopic (exact) mass is 817 g/mol. The van der Waals surface area contributed by atoms with Gasteiger partial charge in [-0.25, -0.2) is 33.1 Å². The molecule has 3 aromatic heterocycles. The summed E-state index contributed by atoms with van der Waals surface area (Å²) >= 11 is 0. The Labute approximate surface area is 337 Å². The number of nitrogens with one attached hydrogen (secondary N) is 2. The summed E-state index contributed by atoms with van der Waals surface area (Å²) in [6, 6.07) is 1.40. The summed E-state index contributed by atoms with van der Waals surface area (Å²) in [5.41, 5.74) is 8.77. The Morgan fingerprint density at radius 1 is 0.983 bits per heavy atom. The van der Waals surface area contributed by atoms with E-state index in [9.17, 15) is 22.8 Å². The van der Waals surface area contributed by atoms with Crippen molar-refractivity contribution in [1.29, 1.82) is 0 Å². The van der Waals surface area contributed by atoms with Crippen molar-refractivity contribution in [3.05, 3.63) is 47.8 Å². The van der Waals surface area contributed by atoms with Crippen LogP contribution in [0.25, 0.3) is 10.9 Å². The lowest BCUT2D eigenvalue weighted by atomic mass is 9.98. The third-order valence-corrected chi connectivity index (χ3v) is 14.1. The van der Waals surface area contributed by atoms with Crippen LogP contribution in [0.1, 0.15) is 74.6 Å². The summed E-state index contributed by atoms with van der Waals surface area (Å²) in [6.07, 6.45) is 7.59. The maximum absolute atomic E-state index is 14.0. The third-order valence-electron chi connectivity index (χ3n) is 11.5. The molecule has 0 spiro atoms. The number of carbonyl (C=O) groups is 3. The summed E-state index contributed by atoms with van der Waals surface area (Å²) in [5, 5.41) is 11.0. The highest BCUT2D eigenvalue weighted by atomic mass is 32.2. The van der Waals surface area contributed by atoms with Crippen molar-refractivity contribution in [1.82, 2.24) is 39.9 Å². The lowest BCUT2D eigenvalue weighted by Gasteiger charge is -2.37. The Kier molecular flexibility index (Phi) is 11.3. The van der Waals surface area contributed by atoms with Gasteiger partial charge in [0, 0.05) is 54.9 Å². The standard InChI is InChI=1S/C39H51N11O7S/c1-22-23(2)46-47-34(22)45-35-26-15-32(58(54,55)39(3,4)5)31(16-28(26)43-21-44-35)57-20-24-9-12-48(13-10-24)33-18-41-29(17-42-33)37(52)49-14-11-25-7-8-30(38(53)56-6)50(25)36(51)27(40)19-49/h15-18,21,24-25,27,30H,7-14,19-20,40H2,1-6H3,(H2,43,44,45,46,47)/t25-,27-,30-/m1/s1. The van der Waals surface area contributed by atoms with E-state index in [1.165, 1.54) is 19.6 Å². The number of fused-ring (bicyclic) bond motifs is 2. The number of amides is 2. The summed E-state index contributed by atoms with van der Waals surface area (Å²) in [5.74, 6) is 0.835. The van der Waals surface area contributed by atoms with Crippen LogP contribution in [0.4, 0.5) is 17.5 Å². The number of H-pyrrole nitrogens is 1. The van der Waals surface area contributed by atoms with Crippen LogP contribution in [0, 0.1) is 19.8 Å². The number of aryl methyl sites for hydroxylation is 1. The SMILES string of the molecule is COC(=O)[C@H]1CC[C@@H]2CCN(C(=O)c3cnc(N4CCC(COc5cc6ncnc(Nc7n[nH]c(C)c7C)c6cc5S(=O)(=O)C(C)(C)C)CC4)cn3)C[C@@H](N)C(=O)N21. The molecule has 58 heavy (non-hydrogen) atoms. The van der Waals surface area contributed by atoms with E-state index in [1.807, 2.05) is 13.8 Å². The van der Waals surface area contributed by atoms with Crippen LogP contribution in [-0.2, 0) is 24.2 Å². The molecule has 7 rings (SSSR count). The Morgan fingerprint density at radius 2 is 1.74 bits per heavy atom. The lowest BCUT2D eigenvalue weighted by molar-refractivity contribution is -0.153. The quantitative estimate of drug-likeness (QED) is 0.206. The van der Waals surface area contributed by atoms with E-state index in [-0.39, 0.29) is 46.7 Å². The number of benzene rings is 1. The van der Waals surface area contributed by atoms with E-state index >= 15 is 0 Å². The smallest absolute Gasteiger partial charge is 0.328 e. The Hall–Kier alpha value is -5.43. The van der Waals surface area contributed by atoms with Gasteiger partial charge in [0.2, 0.25) is 5.91 Å². The molecule has 3 fully saturated rings. The maximum Gasteiger partial charge on any atom is 0.328 e. The van der Waals surface area contributed by atoms with Crippen LogP contribution in [0.3, 0.4) is 0 Å². The van der Waals surface area contributed by atoms with E-state index in [0.29, 0.717) is 73.9 Å². The Morgan fingerprint density at radius 3 is 2.40 bits per heavy atom. The number of carbonyl (C=O) groups excluding carboxylic acids is 3. The molecule has 0 unspecified atom stereocenters. The Bertz CT molecular complexity index is 2300. The van der Waals surface area contributed by atoms with Crippen LogP contribution in [-0.4, -0.2) is 129 Å². The molecule has 3 aliphatic heterocycles. The first-order chi connectivity index (χ1) is 27.6. The fourth-order valence-electron chi connectivity index (χ4n) is 7.78. The summed E-state index contributed by atoms with van der Waals surface area (Å²) in [7, 11) is -2.54. The molecule has 3 atom stereocenters. The van der Waals surface area contributed by atoms with Gasteiger partial charge in [-0.05, 0) is 78.7 Å². The number of piperidine rings is 1.